The third kappa shape index (κ3) is 3.93. The van der Waals surface area contributed by atoms with E-state index < -0.39 is 46.3 Å². The number of nitro groups is 1. The van der Waals surface area contributed by atoms with Crippen LogP contribution in [0.2, 0.25) is 0 Å². The number of Topliss-reactive ketones (excluding diaryl/α,β-unsaturated/α-hetero) is 1. The topological polar surface area (TPSA) is 118 Å². The second-order valence-electron chi connectivity index (χ2n) is 8.00. The van der Waals surface area contributed by atoms with E-state index in [1.165, 1.54) is 19.1 Å². The smallest absolute Gasteiger partial charge is 0.273 e. The molecule has 1 heterocycles. The van der Waals surface area contributed by atoms with Crippen molar-refractivity contribution in [1.82, 2.24) is 10.0 Å². The molecule has 9 heteroatoms. The number of ketones is 1. The SMILES string of the molecule is C[C@H](C(=O)c1ccccc1)N(C(=O)c1ccc([N+](=O)[O-])cc1)N1C(=O)[C@H]2CC=CC[C@@H]2C1=O. The molecule has 0 unspecified atom stereocenters. The van der Waals surface area contributed by atoms with E-state index in [-0.39, 0.29) is 11.3 Å². The summed E-state index contributed by atoms with van der Waals surface area (Å²) < 4.78 is 0. The van der Waals surface area contributed by atoms with Crippen LogP contribution in [0, 0.1) is 22.0 Å². The van der Waals surface area contributed by atoms with Gasteiger partial charge in [-0.3, -0.25) is 29.3 Å². The summed E-state index contributed by atoms with van der Waals surface area (Å²) in [4.78, 5) is 63.5. The van der Waals surface area contributed by atoms with Crippen LogP contribution >= 0.6 is 0 Å². The molecule has 1 saturated heterocycles. The number of allylic oxidation sites excluding steroid dienone is 2. The quantitative estimate of drug-likeness (QED) is 0.221. The van der Waals surface area contributed by atoms with Crippen LogP contribution in [0.5, 0.6) is 0 Å². The van der Waals surface area contributed by atoms with E-state index in [1.54, 1.807) is 30.3 Å². The largest absolute Gasteiger partial charge is 0.292 e. The van der Waals surface area contributed by atoms with E-state index in [1.807, 2.05) is 12.2 Å². The zero-order valence-corrected chi connectivity index (χ0v) is 17.8. The summed E-state index contributed by atoms with van der Waals surface area (Å²) >= 11 is 0. The second-order valence-corrected chi connectivity index (χ2v) is 8.00. The third-order valence-corrected chi connectivity index (χ3v) is 6.04. The first-order valence-corrected chi connectivity index (χ1v) is 10.5. The Morgan fingerprint density at radius 3 is 2.00 bits per heavy atom. The van der Waals surface area contributed by atoms with E-state index in [9.17, 15) is 29.3 Å². The van der Waals surface area contributed by atoms with Gasteiger partial charge in [0.2, 0.25) is 0 Å². The summed E-state index contributed by atoms with van der Waals surface area (Å²) in [6.45, 7) is 1.46. The molecule has 2 aliphatic rings. The van der Waals surface area contributed by atoms with Gasteiger partial charge in [-0.1, -0.05) is 42.5 Å². The maximum absolute atomic E-state index is 13.5. The zero-order chi connectivity index (χ0) is 23.7. The minimum absolute atomic E-state index is 0.0157. The molecule has 2 aromatic carbocycles. The van der Waals surface area contributed by atoms with Crippen molar-refractivity contribution in [3.05, 3.63) is 88.0 Å². The molecule has 168 valence electrons. The molecular formula is C24H21N3O6. The molecule has 0 saturated carbocycles. The molecule has 1 fully saturated rings. The van der Waals surface area contributed by atoms with Crippen LogP contribution in [0.4, 0.5) is 5.69 Å². The van der Waals surface area contributed by atoms with Crippen LogP contribution in [0.15, 0.2) is 66.7 Å². The summed E-state index contributed by atoms with van der Waals surface area (Å²) in [6, 6.07) is 11.9. The van der Waals surface area contributed by atoms with E-state index in [0.29, 0.717) is 18.4 Å². The summed E-state index contributed by atoms with van der Waals surface area (Å²) in [5, 5.41) is 12.7. The molecule has 1 aliphatic carbocycles. The Morgan fingerprint density at radius 1 is 0.939 bits per heavy atom. The lowest BCUT2D eigenvalue weighted by Gasteiger charge is -2.34. The number of hydrogen-bond donors (Lipinski definition) is 0. The molecule has 1 aliphatic heterocycles. The number of hydrogen-bond acceptors (Lipinski definition) is 6. The number of rotatable bonds is 6. The van der Waals surface area contributed by atoms with Crippen LogP contribution in [-0.2, 0) is 9.59 Å². The van der Waals surface area contributed by atoms with Gasteiger partial charge in [-0.2, -0.15) is 5.01 Å². The average molecular weight is 447 g/mol. The third-order valence-electron chi connectivity index (χ3n) is 6.04. The number of amides is 3. The molecule has 0 bridgehead atoms. The first-order chi connectivity index (χ1) is 15.8. The number of nitrogens with zero attached hydrogens (tertiary/aromatic N) is 3. The lowest BCUT2D eigenvalue weighted by atomic mass is 9.85. The standard InChI is InChI=1S/C24H21N3O6/c1-15(21(28)16-7-3-2-4-8-16)25(22(29)17-11-13-18(14-12-17)27(32)33)26-23(30)19-9-5-6-10-20(19)24(26)31/h2-8,11-15,19-20H,9-10H2,1H3/t15-,19+,20+/m1/s1. The molecule has 4 rings (SSSR count). The van der Waals surface area contributed by atoms with Gasteiger partial charge in [0.1, 0.15) is 6.04 Å². The van der Waals surface area contributed by atoms with Crippen molar-refractivity contribution in [3.8, 4) is 0 Å². The maximum Gasteiger partial charge on any atom is 0.273 e. The summed E-state index contributed by atoms with van der Waals surface area (Å²) in [5.41, 5.74) is 0.128. The highest BCUT2D eigenvalue weighted by atomic mass is 16.6. The van der Waals surface area contributed by atoms with Crippen molar-refractivity contribution in [2.24, 2.45) is 11.8 Å². The van der Waals surface area contributed by atoms with E-state index >= 15 is 0 Å². The van der Waals surface area contributed by atoms with Crippen LogP contribution < -0.4 is 0 Å². The van der Waals surface area contributed by atoms with Gasteiger partial charge in [-0.15, -0.1) is 0 Å². The predicted octanol–water partition coefficient (Wildman–Crippen LogP) is 3.17. The normalized spacial score (nSPS) is 20.3. The number of nitro benzene ring substituents is 1. The van der Waals surface area contributed by atoms with Crippen molar-refractivity contribution in [2.75, 3.05) is 0 Å². The highest BCUT2D eigenvalue weighted by Crippen LogP contribution is 2.37. The number of fused-ring (bicyclic) bond motifs is 1. The van der Waals surface area contributed by atoms with Gasteiger partial charge in [-0.05, 0) is 31.9 Å². The molecule has 3 amide bonds. The van der Waals surface area contributed by atoms with Crippen molar-refractivity contribution < 1.29 is 24.1 Å². The fraction of sp³-hybridized carbons (Fsp3) is 0.250. The highest BCUT2D eigenvalue weighted by Gasteiger charge is 2.52. The van der Waals surface area contributed by atoms with Crippen LogP contribution in [0.25, 0.3) is 0 Å². The minimum Gasteiger partial charge on any atom is -0.292 e. The molecule has 9 nitrogen and oxygen atoms in total. The first kappa shape index (κ1) is 22.1. The number of benzene rings is 2. The number of hydrazine groups is 1. The Hall–Kier alpha value is -4.14. The fourth-order valence-corrected chi connectivity index (χ4v) is 4.25. The Balaban J connectivity index is 1.74. The van der Waals surface area contributed by atoms with Crippen molar-refractivity contribution in [3.63, 3.8) is 0 Å². The van der Waals surface area contributed by atoms with Crippen molar-refractivity contribution in [1.29, 1.82) is 0 Å². The van der Waals surface area contributed by atoms with Gasteiger partial charge in [0.15, 0.2) is 5.78 Å². The summed E-state index contributed by atoms with van der Waals surface area (Å²) in [5.74, 6) is -3.45. The fourth-order valence-electron chi connectivity index (χ4n) is 4.25. The molecule has 0 N–H and O–H groups in total. The van der Waals surface area contributed by atoms with E-state index in [4.69, 9.17) is 0 Å². The number of carbonyl (C=O) groups excluding carboxylic acids is 4. The van der Waals surface area contributed by atoms with Crippen molar-refractivity contribution in [2.45, 2.75) is 25.8 Å². The number of carbonyl (C=O) groups is 4. The van der Waals surface area contributed by atoms with Crippen LogP contribution in [-0.4, -0.2) is 44.5 Å². The molecule has 3 atom stereocenters. The highest BCUT2D eigenvalue weighted by molar-refractivity contribution is 6.10. The Kier molecular flexibility index (Phi) is 5.87. The van der Waals surface area contributed by atoms with E-state index in [0.717, 1.165) is 22.2 Å². The molecular weight excluding hydrogens is 426 g/mol. The molecule has 0 radical (unpaired) electrons. The van der Waals surface area contributed by atoms with Crippen LogP contribution in [0.3, 0.4) is 0 Å². The van der Waals surface area contributed by atoms with Gasteiger partial charge in [0.25, 0.3) is 23.4 Å². The average Bonchev–Trinajstić information content (AvgIpc) is 3.09. The van der Waals surface area contributed by atoms with Gasteiger partial charge in [0.05, 0.1) is 16.8 Å². The number of imide groups is 1. The van der Waals surface area contributed by atoms with Gasteiger partial charge >= 0.3 is 0 Å². The maximum atomic E-state index is 13.5. The molecule has 33 heavy (non-hydrogen) atoms. The Morgan fingerprint density at radius 2 is 1.48 bits per heavy atom. The summed E-state index contributed by atoms with van der Waals surface area (Å²) in [6.07, 6.45) is 4.42. The first-order valence-electron chi connectivity index (χ1n) is 10.5. The molecule has 0 spiro atoms. The Labute approximate surface area is 189 Å². The van der Waals surface area contributed by atoms with Gasteiger partial charge in [0, 0.05) is 23.3 Å². The number of non-ortho nitro benzene ring substituents is 1. The van der Waals surface area contributed by atoms with Crippen LogP contribution in [0.1, 0.15) is 40.5 Å². The lowest BCUT2D eigenvalue weighted by Crippen LogP contribution is -2.56. The minimum atomic E-state index is -1.17. The lowest BCUT2D eigenvalue weighted by molar-refractivity contribution is -0.384. The predicted molar refractivity (Wildman–Crippen MR) is 117 cm³/mol. The Bertz CT molecular complexity index is 1130. The zero-order valence-electron chi connectivity index (χ0n) is 17.8. The second kappa shape index (κ2) is 8.78. The van der Waals surface area contributed by atoms with Gasteiger partial charge < -0.3 is 0 Å². The van der Waals surface area contributed by atoms with Crippen molar-refractivity contribution >= 4 is 29.2 Å². The van der Waals surface area contributed by atoms with E-state index in [2.05, 4.69) is 0 Å². The molecule has 2 aromatic rings. The molecule has 0 aromatic heterocycles. The summed E-state index contributed by atoms with van der Waals surface area (Å²) in [7, 11) is 0. The monoisotopic (exact) mass is 447 g/mol. The van der Waals surface area contributed by atoms with Gasteiger partial charge in [-0.25, -0.2) is 5.01 Å².